The topological polar surface area (TPSA) is 157 Å². The van der Waals surface area contributed by atoms with Crippen molar-refractivity contribution in [3.8, 4) is 45.4 Å². The molecule has 0 saturated heterocycles. The van der Waals surface area contributed by atoms with Crippen LogP contribution in [-0.4, -0.2) is 56.6 Å². The first-order valence-corrected chi connectivity index (χ1v) is 10.6. The Hall–Kier alpha value is -4.25. The standard InChI is InChI=1S/C24H27N3O8/c1-31-18-7-5-13(9-17(18)26-24(30)16(25)6-8-21(28)29)15-12-35-27-22(15)14-10-19(32-2)23(34-4)20(11-14)33-3/h5,7,9-12,16H,6,8,25H2,1-4H3,(H,26,30)(H,28,29)/p+1. The summed E-state index contributed by atoms with van der Waals surface area (Å²) in [6.45, 7) is 0. The summed E-state index contributed by atoms with van der Waals surface area (Å²) >= 11 is 0. The minimum Gasteiger partial charge on any atom is -0.495 e. The zero-order valence-corrected chi connectivity index (χ0v) is 19.9. The number of hydrogen-bond acceptors (Lipinski definition) is 8. The van der Waals surface area contributed by atoms with Gasteiger partial charge in [0.2, 0.25) is 5.75 Å². The van der Waals surface area contributed by atoms with E-state index in [4.69, 9.17) is 28.6 Å². The first kappa shape index (κ1) is 25.4. The molecule has 1 amide bonds. The number of carboxylic acids is 1. The van der Waals surface area contributed by atoms with Crippen LogP contribution < -0.4 is 30.0 Å². The van der Waals surface area contributed by atoms with Crippen LogP contribution in [0.1, 0.15) is 12.8 Å². The molecule has 35 heavy (non-hydrogen) atoms. The van der Waals surface area contributed by atoms with Crippen molar-refractivity contribution in [1.82, 2.24) is 5.16 Å². The number of nitrogens with zero attached hydrogens (tertiary/aromatic N) is 1. The maximum atomic E-state index is 12.6. The number of rotatable bonds is 11. The van der Waals surface area contributed by atoms with E-state index in [-0.39, 0.29) is 12.8 Å². The van der Waals surface area contributed by atoms with Gasteiger partial charge in [0, 0.05) is 17.5 Å². The van der Waals surface area contributed by atoms with Gasteiger partial charge in [0.15, 0.2) is 17.5 Å². The second kappa shape index (κ2) is 11.3. The highest BCUT2D eigenvalue weighted by Gasteiger charge is 2.22. The van der Waals surface area contributed by atoms with Crippen LogP contribution >= 0.6 is 0 Å². The average Bonchev–Trinajstić information content (AvgIpc) is 3.36. The van der Waals surface area contributed by atoms with E-state index in [9.17, 15) is 9.59 Å². The zero-order chi connectivity index (χ0) is 25.5. The number of aliphatic carboxylic acids is 1. The molecule has 1 unspecified atom stereocenters. The predicted molar refractivity (Wildman–Crippen MR) is 126 cm³/mol. The fourth-order valence-corrected chi connectivity index (χ4v) is 3.50. The second-order valence-corrected chi connectivity index (χ2v) is 7.52. The Balaban J connectivity index is 1.98. The molecule has 0 bridgehead atoms. The second-order valence-electron chi connectivity index (χ2n) is 7.52. The van der Waals surface area contributed by atoms with E-state index in [0.717, 1.165) is 0 Å². The normalized spacial score (nSPS) is 11.5. The van der Waals surface area contributed by atoms with Crippen LogP contribution in [0.3, 0.4) is 0 Å². The number of methoxy groups -OCH3 is 4. The molecule has 2 aromatic carbocycles. The summed E-state index contributed by atoms with van der Waals surface area (Å²) in [6.07, 6.45) is 1.45. The van der Waals surface area contributed by atoms with Crippen LogP contribution in [0, 0.1) is 0 Å². The van der Waals surface area contributed by atoms with E-state index in [0.29, 0.717) is 51.1 Å². The Labute approximate surface area is 201 Å². The predicted octanol–water partition coefficient (Wildman–Crippen LogP) is 2.46. The lowest BCUT2D eigenvalue weighted by atomic mass is 10.00. The van der Waals surface area contributed by atoms with Gasteiger partial charge in [0.1, 0.15) is 17.7 Å². The molecule has 0 spiro atoms. The van der Waals surface area contributed by atoms with Crippen LogP contribution in [0.2, 0.25) is 0 Å². The number of carbonyl (C=O) groups is 2. The number of hydrogen-bond donors (Lipinski definition) is 3. The summed E-state index contributed by atoms with van der Waals surface area (Å²) in [6, 6.07) is 7.98. The number of amides is 1. The monoisotopic (exact) mass is 486 g/mol. The smallest absolute Gasteiger partial charge is 0.303 e. The fraction of sp³-hybridized carbons (Fsp3) is 0.292. The molecule has 186 valence electrons. The SMILES string of the molecule is COc1ccc(-c2conc2-c2cc(OC)c(OC)c(OC)c2)cc1NC(=O)C([NH3+])CCC(=O)O. The van der Waals surface area contributed by atoms with Gasteiger partial charge >= 0.3 is 5.97 Å². The molecule has 0 fully saturated rings. The van der Waals surface area contributed by atoms with Gasteiger partial charge in [-0.15, -0.1) is 0 Å². The first-order valence-electron chi connectivity index (χ1n) is 10.6. The Morgan fingerprint density at radius 1 is 1.00 bits per heavy atom. The average molecular weight is 487 g/mol. The lowest BCUT2D eigenvalue weighted by Gasteiger charge is -2.15. The lowest BCUT2D eigenvalue weighted by molar-refractivity contribution is -0.403. The van der Waals surface area contributed by atoms with E-state index in [1.165, 1.54) is 34.7 Å². The van der Waals surface area contributed by atoms with Gasteiger partial charge in [-0.05, 0) is 29.8 Å². The van der Waals surface area contributed by atoms with Crippen LogP contribution in [-0.2, 0) is 9.59 Å². The van der Waals surface area contributed by atoms with Crippen molar-refractivity contribution in [3.05, 3.63) is 36.6 Å². The summed E-state index contributed by atoms with van der Waals surface area (Å²) in [7, 11) is 6.05. The molecule has 5 N–H and O–H groups in total. The van der Waals surface area contributed by atoms with Gasteiger partial charge in [-0.2, -0.15) is 0 Å². The van der Waals surface area contributed by atoms with Crippen LogP contribution in [0.25, 0.3) is 22.4 Å². The quantitative estimate of drug-likeness (QED) is 0.370. The summed E-state index contributed by atoms with van der Waals surface area (Å²) in [5.41, 5.74) is 6.68. The Morgan fingerprint density at radius 3 is 2.23 bits per heavy atom. The van der Waals surface area contributed by atoms with Crippen molar-refractivity contribution in [3.63, 3.8) is 0 Å². The number of aromatic nitrogens is 1. The van der Waals surface area contributed by atoms with Crippen molar-refractivity contribution in [2.24, 2.45) is 0 Å². The molecule has 1 atom stereocenters. The maximum absolute atomic E-state index is 12.6. The summed E-state index contributed by atoms with van der Waals surface area (Å²) in [5.74, 6) is 0.388. The number of benzene rings is 2. The van der Waals surface area contributed by atoms with Gasteiger partial charge in [-0.1, -0.05) is 11.2 Å². The number of carbonyl (C=O) groups excluding carboxylic acids is 1. The van der Waals surface area contributed by atoms with Crippen LogP contribution in [0.5, 0.6) is 23.0 Å². The largest absolute Gasteiger partial charge is 0.495 e. The van der Waals surface area contributed by atoms with E-state index in [1.807, 2.05) is 0 Å². The fourth-order valence-electron chi connectivity index (χ4n) is 3.50. The molecule has 0 aliphatic carbocycles. The molecule has 0 aliphatic rings. The zero-order valence-electron chi connectivity index (χ0n) is 19.9. The highest BCUT2D eigenvalue weighted by atomic mass is 16.5. The molecule has 0 aliphatic heterocycles. The number of carboxylic acid groups (broad SMARTS) is 1. The Morgan fingerprint density at radius 2 is 1.66 bits per heavy atom. The Kier molecular flexibility index (Phi) is 8.16. The van der Waals surface area contributed by atoms with Crippen molar-refractivity contribution < 1.29 is 43.9 Å². The van der Waals surface area contributed by atoms with Gasteiger partial charge in [-0.3, -0.25) is 9.59 Å². The van der Waals surface area contributed by atoms with Gasteiger partial charge < -0.3 is 39.6 Å². The van der Waals surface area contributed by atoms with E-state index >= 15 is 0 Å². The van der Waals surface area contributed by atoms with Crippen LogP contribution in [0.15, 0.2) is 41.1 Å². The number of anilines is 1. The Bertz CT molecular complexity index is 1180. The minimum absolute atomic E-state index is 0.111. The van der Waals surface area contributed by atoms with Crippen molar-refractivity contribution in [1.29, 1.82) is 0 Å². The third-order valence-electron chi connectivity index (χ3n) is 5.35. The third kappa shape index (κ3) is 5.64. The van der Waals surface area contributed by atoms with E-state index in [1.54, 1.807) is 30.3 Å². The molecule has 0 saturated carbocycles. The van der Waals surface area contributed by atoms with Crippen molar-refractivity contribution in [2.45, 2.75) is 18.9 Å². The maximum Gasteiger partial charge on any atom is 0.303 e. The molecule has 0 radical (unpaired) electrons. The summed E-state index contributed by atoms with van der Waals surface area (Å²) in [4.78, 5) is 23.4. The summed E-state index contributed by atoms with van der Waals surface area (Å²) in [5, 5.41) is 15.8. The minimum atomic E-state index is -0.988. The number of ether oxygens (including phenoxy) is 4. The van der Waals surface area contributed by atoms with Gasteiger partial charge in [0.05, 0.1) is 40.5 Å². The highest BCUT2D eigenvalue weighted by Crippen LogP contribution is 2.43. The van der Waals surface area contributed by atoms with Gasteiger partial charge in [-0.25, -0.2) is 0 Å². The van der Waals surface area contributed by atoms with E-state index < -0.39 is 17.9 Å². The lowest BCUT2D eigenvalue weighted by Crippen LogP contribution is -2.66. The number of nitrogens with one attached hydrogen (secondary N) is 1. The molecule has 3 rings (SSSR count). The summed E-state index contributed by atoms with van der Waals surface area (Å²) < 4.78 is 26.9. The van der Waals surface area contributed by atoms with Crippen LogP contribution in [0.4, 0.5) is 5.69 Å². The molecule has 1 aromatic heterocycles. The van der Waals surface area contributed by atoms with Gasteiger partial charge in [0.25, 0.3) is 5.91 Å². The highest BCUT2D eigenvalue weighted by molar-refractivity contribution is 5.96. The van der Waals surface area contributed by atoms with Crippen molar-refractivity contribution >= 4 is 17.6 Å². The molecular weight excluding hydrogens is 458 g/mol. The molecule has 3 aromatic rings. The van der Waals surface area contributed by atoms with Crippen molar-refractivity contribution in [2.75, 3.05) is 33.8 Å². The number of quaternary nitrogens is 1. The molecule has 11 heteroatoms. The molecule has 1 heterocycles. The molecule has 11 nitrogen and oxygen atoms in total. The van der Waals surface area contributed by atoms with E-state index in [2.05, 4.69) is 16.2 Å². The third-order valence-corrected chi connectivity index (χ3v) is 5.35. The molecular formula is C24H28N3O8+. The first-order chi connectivity index (χ1) is 16.8.